The molecule has 0 unspecified atom stereocenters. The number of aromatic carboxylic acids is 1. The molecule has 2 rings (SSSR count). The molecule has 1 aromatic carbocycles. The Balaban J connectivity index is 2.37. The van der Waals surface area contributed by atoms with E-state index in [0.29, 0.717) is 15.4 Å². The van der Waals surface area contributed by atoms with Crippen LogP contribution in [-0.4, -0.2) is 16.1 Å². The average Bonchev–Trinajstić information content (AvgIpc) is 2.41. The molecule has 0 spiro atoms. The van der Waals surface area contributed by atoms with Crippen molar-refractivity contribution in [1.29, 1.82) is 5.26 Å². The van der Waals surface area contributed by atoms with E-state index in [1.807, 2.05) is 0 Å². The molecule has 0 aliphatic rings. The fourth-order valence-electron chi connectivity index (χ4n) is 1.41. The molecule has 0 saturated carbocycles. The number of nitriles is 1. The van der Waals surface area contributed by atoms with E-state index in [4.69, 9.17) is 22.0 Å². The quantitative estimate of drug-likeness (QED) is 0.937. The van der Waals surface area contributed by atoms with Crippen molar-refractivity contribution in [2.45, 2.75) is 9.79 Å². The number of carbonyl (C=O) groups is 1. The second-order valence-electron chi connectivity index (χ2n) is 3.53. The summed E-state index contributed by atoms with van der Waals surface area (Å²) >= 11 is 7.07. The summed E-state index contributed by atoms with van der Waals surface area (Å²) in [6.45, 7) is 0. The molecule has 2 aromatic rings. The normalized spacial score (nSPS) is 9.89. The maximum absolute atomic E-state index is 11.0. The van der Waals surface area contributed by atoms with Gasteiger partial charge in [0.15, 0.2) is 0 Å². The first-order valence-electron chi connectivity index (χ1n) is 5.16. The highest BCUT2D eigenvalue weighted by molar-refractivity contribution is 7.99. The second-order valence-corrected chi connectivity index (χ2v) is 5.06. The number of benzene rings is 1. The Morgan fingerprint density at radius 2 is 2.21 bits per heavy atom. The highest BCUT2D eigenvalue weighted by Crippen LogP contribution is 2.31. The van der Waals surface area contributed by atoms with Crippen LogP contribution in [0.25, 0.3) is 0 Å². The topological polar surface area (TPSA) is 74.0 Å². The van der Waals surface area contributed by atoms with Gasteiger partial charge in [0.2, 0.25) is 0 Å². The summed E-state index contributed by atoms with van der Waals surface area (Å²) in [6, 6.07) is 8.37. The molecule has 94 valence electrons. The lowest BCUT2D eigenvalue weighted by Crippen LogP contribution is -1.97. The molecular formula is C13H7ClN2O2S. The van der Waals surface area contributed by atoms with Crippen LogP contribution < -0.4 is 0 Å². The van der Waals surface area contributed by atoms with Gasteiger partial charge in [-0.3, -0.25) is 4.98 Å². The first-order valence-corrected chi connectivity index (χ1v) is 6.36. The minimum atomic E-state index is -1.08. The number of halogens is 1. The molecule has 4 nitrogen and oxygen atoms in total. The largest absolute Gasteiger partial charge is 0.478 e. The summed E-state index contributed by atoms with van der Waals surface area (Å²) in [5, 5.41) is 18.2. The van der Waals surface area contributed by atoms with E-state index in [2.05, 4.69) is 11.1 Å². The molecule has 0 amide bonds. The summed E-state index contributed by atoms with van der Waals surface area (Å²) in [5.74, 6) is -1.08. The number of rotatable bonds is 3. The van der Waals surface area contributed by atoms with Crippen molar-refractivity contribution in [3.05, 3.63) is 52.8 Å². The lowest BCUT2D eigenvalue weighted by atomic mass is 10.2. The minimum Gasteiger partial charge on any atom is -0.478 e. The van der Waals surface area contributed by atoms with E-state index in [1.54, 1.807) is 18.3 Å². The average molecular weight is 291 g/mol. The second kappa shape index (κ2) is 5.74. The molecule has 0 saturated heterocycles. The van der Waals surface area contributed by atoms with E-state index in [0.717, 1.165) is 0 Å². The molecule has 6 heteroatoms. The number of hydrogen-bond donors (Lipinski definition) is 1. The minimum absolute atomic E-state index is 0.0362. The number of nitrogens with zero attached hydrogens (tertiary/aromatic N) is 2. The fourth-order valence-corrected chi connectivity index (χ4v) is 2.51. The third kappa shape index (κ3) is 3.05. The number of carboxylic acids is 1. The molecule has 0 aliphatic heterocycles. The number of carboxylic acid groups (broad SMARTS) is 1. The molecule has 0 aliphatic carbocycles. The van der Waals surface area contributed by atoms with Crippen LogP contribution >= 0.6 is 23.4 Å². The number of pyridine rings is 1. The van der Waals surface area contributed by atoms with E-state index in [9.17, 15) is 4.79 Å². The van der Waals surface area contributed by atoms with Crippen LogP contribution in [0, 0.1) is 11.3 Å². The Kier molecular flexibility index (Phi) is 4.05. The summed E-state index contributed by atoms with van der Waals surface area (Å²) in [4.78, 5) is 16.3. The van der Waals surface area contributed by atoms with Crippen LogP contribution in [0.2, 0.25) is 5.02 Å². The van der Waals surface area contributed by atoms with Crippen molar-refractivity contribution in [2.75, 3.05) is 0 Å². The van der Waals surface area contributed by atoms with Gasteiger partial charge >= 0.3 is 5.97 Å². The lowest BCUT2D eigenvalue weighted by Gasteiger charge is -2.05. The molecule has 0 bridgehead atoms. The molecule has 1 heterocycles. The Hall–Kier alpha value is -2.03. The summed E-state index contributed by atoms with van der Waals surface area (Å²) in [7, 11) is 0. The third-order valence-electron chi connectivity index (χ3n) is 2.30. The van der Waals surface area contributed by atoms with Crippen molar-refractivity contribution in [3.63, 3.8) is 0 Å². The molecule has 0 radical (unpaired) electrons. The van der Waals surface area contributed by atoms with Crippen molar-refractivity contribution in [3.8, 4) is 6.07 Å². The molecule has 1 N–H and O–H groups in total. The smallest absolute Gasteiger partial charge is 0.337 e. The molecule has 19 heavy (non-hydrogen) atoms. The fraction of sp³-hybridized carbons (Fsp3) is 0. The molecule has 0 fully saturated rings. The van der Waals surface area contributed by atoms with E-state index in [1.165, 1.54) is 30.1 Å². The first kappa shape index (κ1) is 13.4. The van der Waals surface area contributed by atoms with Gasteiger partial charge in [-0.2, -0.15) is 5.26 Å². The summed E-state index contributed by atoms with van der Waals surface area (Å²) in [5.41, 5.74) is 0.529. The predicted molar refractivity (Wildman–Crippen MR) is 71.5 cm³/mol. The molecule has 1 aromatic heterocycles. The van der Waals surface area contributed by atoms with Gasteiger partial charge in [-0.15, -0.1) is 0 Å². The van der Waals surface area contributed by atoms with Crippen LogP contribution in [0.15, 0.2) is 46.5 Å². The van der Waals surface area contributed by atoms with Gasteiger partial charge in [0, 0.05) is 22.2 Å². The van der Waals surface area contributed by atoms with Crippen LogP contribution in [-0.2, 0) is 0 Å². The number of aromatic nitrogens is 1. The van der Waals surface area contributed by atoms with Crippen LogP contribution in [0.4, 0.5) is 0 Å². The SMILES string of the molecule is N#Cc1ccncc1Sc1ccc(Cl)c(C(=O)O)c1. The van der Waals surface area contributed by atoms with Crippen molar-refractivity contribution in [2.24, 2.45) is 0 Å². The van der Waals surface area contributed by atoms with Gasteiger partial charge in [0.1, 0.15) is 6.07 Å². The van der Waals surface area contributed by atoms with Crippen molar-refractivity contribution >= 4 is 29.3 Å². The van der Waals surface area contributed by atoms with E-state index >= 15 is 0 Å². The lowest BCUT2D eigenvalue weighted by molar-refractivity contribution is 0.0697. The van der Waals surface area contributed by atoms with Crippen LogP contribution in [0.5, 0.6) is 0 Å². The monoisotopic (exact) mass is 290 g/mol. The van der Waals surface area contributed by atoms with Gasteiger partial charge in [-0.25, -0.2) is 4.79 Å². The Morgan fingerprint density at radius 1 is 1.42 bits per heavy atom. The highest BCUT2D eigenvalue weighted by Gasteiger charge is 2.11. The van der Waals surface area contributed by atoms with E-state index < -0.39 is 5.97 Å². The highest BCUT2D eigenvalue weighted by atomic mass is 35.5. The van der Waals surface area contributed by atoms with Crippen molar-refractivity contribution < 1.29 is 9.90 Å². The third-order valence-corrected chi connectivity index (χ3v) is 3.67. The van der Waals surface area contributed by atoms with E-state index in [-0.39, 0.29) is 10.6 Å². The van der Waals surface area contributed by atoms with Gasteiger partial charge in [0.25, 0.3) is 0 Å². The Morgan fingerprint density at radius 3 is 2.89 bits per heavy atom. The maximum Gasteiger partial charge on any atom is 0.337 e. The van der Waals surface area contributed by atoms with Gasteiger partial charge in [0.05, 0.1) is 16.1 Å². The summed E-state index contributed by atoms with van der Waals surface area (Å²) in [6.07, 6.45) is 3.10. The van der Waals surface area contributed by atoms with Gasteiger partial charge in [-0.05, 0) is 24.3 Å². The maximum atomic E-state index is 11.0. The zero-order chi connectivity index (χ0) is 13.8. The van der Waals surface area contributed by atoms with Crippen LogP contribution in [0.1, 0.15) is 15.9 Å². The zero-order valence-corrected chi connectivity index (χ0v) is 11.1. The molecule has 0 atom stereocenters. The van der Waals surface area contributed by atoms with Crippen molar-refractivity contribution in [1.82, 2.24) is 4.98 Å². The Labute approximate surface area is 118 Å². The first-order chi connectivity index (χ1) is 9.11. The standard InChI is InChI=1S/C13H7ClN2O2S/c14-11-2-1-9(5-10(11)13(17)18)19-12-7-16-4-3-8(12)6-15/h1-5,7H,(H,17,18). The zero-order valence-electron chi connectivity index (χ0n) is 9.50. The van der Waals surface area contributed by atoms with Gasteiger partial charge < -0.3 is 5.11 Å². The number of hydrogen-bond acceptors (Lipinski definition) is 4. The predicted octanol–water partition coefficient (Wildman–Crippen LogP) is 3.46. The van der Waals surface area contributed by atoms with Gasteiger partial charge in [-0.1, -0.05) is 23.4 Å². The Bertz CT molecular complexity index is 683. The van der Waals surface area contributed by atoms with Crippen LogP contribution in [0.3, 0.4) is 0 Å². The summed E-state index contributed by atoms with van der Waals surface area (Å²) < 4.78 is 0. The molecular weight excluding hydrogens is 284 g/mol.